The van der Waals surface area contributed by atoms with Gasteiger partial charge in [0, 0.05) is 17.5 Å². The number of hydrogen-bond donors (Lipinski definition) is 1. The molecule has 6 nitrogen and oxygen atoms in total. The number of amides is 1. The van der Waals surface area contributed by atoms with Crippen molar-refractivity contribution in [3.8, 4) is 0 Å². The van der Waals surface area contributed by atoms with E-state index < -0.39 is 17.7 Å². The van der Waals surface area contributed by atoms with Crippen LogP contribution in [-0.4, -0.2) is 24.2 Å². The van der Waals surface area contributed by atoms with Crippen LogP contribution < -0.4 is 5.32 Å². The van der Waals surface area contributed by atoms with Gasteiger partial charge in [-0.1, -0.05) is 18.2 Å². The molecule has 1 aromatic heterocycles. The quantitative estimate of drug-likeness (QED) is 0.844. The predicted molar refractivity (Wildman–Crippen MR) is 89.6 cm³/mol. The zero-order valence-electron chi connectivity index (χ0n) is 14.5. The number of hydrogen-bond acceptors (Lipinski definition) is 5. The van der Waals surface area contributed by atoms with Gasteiger partial charge in [-0.15, -0.1) is 0 Å². The lowest BCUT2D eigenvalue weighted by Gasteiger charge is -2.19. The monoisotopic (exact) mass is 333 g/mol. The smallest absolute Gasteiger partial charge is 0.407 e. The van der Waals surface area contributed by atoms with Gasteiger partial charge in [0.1, 0.15) is 23.6 Å². The molecule has 130 valence electrons. The first kappa shape index (κ1) is 17.8. The predicted octanol–water partition coefficient (Wildman–Crippen LogP) is 3.70. The van der Waals surface area contributed by atoms with Crippen LogP contribution in [0.1, 0.15) is 38.5 Å². The molecule has 0 saturated heterocycles. The molecule has 1 aromatic carbocycles. The maximum absolute atomic E-state index is 11.8. The van der Waals surface area contributed by atoms with Crippen LogP contribution in [0.25, 0.3) is 11.0 Å². The van der Waals surface area contributed by atoms with Crippen molar-refractivity contribution in [1.82, 2.24) is 5.32 Å². The van der Waals surface area contributed by atoms with Gasteiger partial charge in [0.2, 0.25) is 0 Å². The zero-order valence-corrected chi connectivity index (χ0v) is 14.5. The van der Waals surface area contributed by atoms with Crippen molar-refractivity contribution >= 4 is 23.0 Å². The Morgan fingerprint density at radius 3 is 2.58 bits per heavy atom. The standard InChI is InChI=1S/C18H23NO5/c1-12-13-7-5-6-8-14(13)23-15(12)11-22-16(20)9-10-19-17(21)24-18(2,3)4/h5-8H,9-11H2,1-4H3,(H,19,21). The Kier molecular flexibility index (Phi) is 5.49. The van der Waals surface area contributed by atoms with Crippen LogP contribution in [0, 0.1) is 6.92 Å². The molecule has 1 heterocycles. The average Bonchev–Trinajstić information content (AvgIpc) is 2.80. The molecular weight excluding hydrogens is 310 g/mol. The fraction of sp³-hybridized carbons (Fsp3) is 0.444. The summed E-state index contributed by atoms with van der Waals surface area (Å²) in [4.78, 5) is 23.2. The van der Waals surface area contributed by atoms with E-state index in [2.05, 4.69) is 5.32 Å². The molecule has 0 aliphatic rings. The van der Waals surface area contributed by atoms with Gasteiger partial charge in [-0.25, -0.2) is 4.79 Å². The summed E-state index contributed by atoms with van der Waals surface area (Å²) in [5, 5.41) is 3.53. The highest BCUT2D eigenvalue weighted by atomic mass is 16.6. The van der Waals surface area contributed by atoms with E-state index in [1.807, 2.05) is 31.2 Å². The first-order chi connectivity index (χ1) is 11.3. The number of para-hydroxylation sites is 1. The molecule has 1 amide bonds. The Morgan fingerprint density at radius 1 is 1.21 bits per heavy atom. The number of aryl methyl sites for hydroxylation is 1. The van der Waals surface area contributed by atoms with E-state index in [0.717, 1.165) is 16.5 Å². The van der Waals surface area contributed by atoms with Crippen molar-refractivity contribution in [3.63, 3.8) is 0 Å². The fourth-order valence-corrected chi connectivity index (χ4v) is 2.16. The Labute approximate surface area is 141 Å². The highest BCUT2D eigenvalue weighted by Gasteiger charge is 2.16. The van der Waals surface area contributed by atoms with Crippen LogP contribution in [0.15, 0.2) is 28.7 Å². The summed E-state index contributed by atoms with van der Waals surface area (Å²) in [6.07, 6.45) is -0.484. The Bertz CT molecular complexity index is 727. The number of esters is 1. The molecule has 6 heteroatoms. The number of carbonyl (C=O) groups is 2. The van der Waals surface area contributed by atoms with Crippen LogP contribution in [0.3, 0.4) is 0 Å². The molecule has 0 aliphatic heterocycles. The minimum Gasteiger partial charge on any atom is -0.457 e. The topological polar surface area (TPSA) is 77.8 Å². The highest BCUT2D eigenvalue weighted by molar-refractivity contribution is 5.82. The molecular formula is C18H23NO5. The summed E-state index contributed by atoms with van der Waals surface area (Å²) in [5.41, 5.74) is 1.17. The van der Waals surface area contributed by atoms with Gasteiger partial charge in [-0.05, 0) is 33.8 Å². The fourth-order valence-electron chi connectivity index (χ4n) is 2.16. The number of alkyl carbamates (subject to hydrolysis) is 1. The number of ether oxygens (including phenoxy) is 2. The summed E-state index contributed by atoms with van der Waals surface area (Å²) >= 11 is 0. The second-order valence-corrected chi connectivity index (χ2v) is 6.49. The molecule has 0 bridgehead atoms. The third-order valence-corrected chi connectivity index (χ3v) is 3.30. The van der Waals surface area contributed by atoms with Crippen LogP contribution >= 0.6 is 0 Å². The van der Waals surface area contributed by atoms with Gasteiger partial charge in [0.05, 0.1) is 6.42 Å². The van der Waals surface area contributed by atoms with Crippen molar-refractivity contribution in [3.05, 3.63) is 35.6 Å². The van der Waals surface area contributed by atoms with E-state index in [0.29, 0.717) is 5.76 Å². The Balaban J connectivity index is 1.77. The normalized spacial score (nSPS) is 11.3. The third-order valence-electron chi connectivity index (χ3n) is 3.30. The molecule has 24 heavy (non-hydrogen) atoms. The number of fused-ring (bicyclic) bond motifs is 1. The van der Waals surface area contributed by atoms with E-state index in [9.17, 15) is 9.59 Å². The lowest BCUT2D eigenvalue weighted by Crippen LogP contribution is -2.33. The van der Waals surface area contributed by atoms with Gasteiger partial charge in [-0.2, -0.15) is 0 Å². The lowest BCUT2D eigenvalue weighted by atomic mass is 10.1. The number of benzene rings is 1. The molecule has 2 aromatic rings. The molecule has 0 radical (unpaired) electrons. The van der Waals surface area contributed by atoms with E-state index in [-0.39, 0.29) is 19.6 Å². The molecule has 0 fully saturated rings. The van der Waals surface area contributed by atoms with E-state index in [1.165, 1.54) is 0 Å². The largest absolute Gasteiger partial charge is 0.457 e. The van der Waals surface area contributed by atoms with Crippen LogP contribution in [0.4, 0.5) is 4.79 Å². The SMILES string of the molecule is Cc1c(COC(=O)CCNC(=O)OC(C)(C)C)oc2ccccc12. The summed E-state index contributed by atoms with van der Waals surface area (Å²) in [6, 6.07) is 7.66. The summed E-state index contributed by atoms with van der Waals surface area (Å²) in [5.74, 6) is 0.218. The highest BCUT2D eigenvalue weighted by Crippen LogP contribution is 2.25. The number of nitrogens with one attached hydrogen (secondary N) is 1. The van der Waals surface area contributed by atoms with Crippen LogP contribution in [0.2, 0.25) is 0 Å². The molecule has 0 saturated carbocycles. The first-order valence-electron chi connectivity index (χ1n) is 7.86. The number of rotatable bonds is 5. The van der Waals surface area contributed by atoms with Crippen LogP contribution in [-0.2, 0) is 20.9 Å². The van der Waals surface area contributed by atoms with Gasteiger partial charge in [0.15, 0.2) is 0 Å². The van der Waals surface area contributed by atoms with Crippen molar-refractivity contribution in [1.29, 1.82) is 0 Å². The summed E-state index contributed by atoms with van der Waals surface area (Å²) in [6.45, 7) is 7.49. The van der Waals surface area contributed by atoms with E-state index >= 15 is 0 Å². The Morgan fingerprint density at radius 2 is 1.92 bits per heavy atom. The van der Waals surface area contributed by atoms with Crippen LogP contribution in [0.5, 0.6) is 0 Å². The van der Waals surface area contributed by atoms with Gasteiger partial charge >= 0.3 is 12.1 Å². The van der Waals surface area contributed by atoms with Crippen molar-refractivity contribution in [2.45, 2.75) is 46.3 Å². The molecule has 0 atom stereocenters. The van der Waals surface area contributed by atoms with Gasteiger partial charge in [0.25, 0.3) is 0 Å². The van der Waals surface area contributed by atoms with Crippen molar-refractivity contribution in [2.24, 2.45) is 0 Å². The molecule has 0 unspecified atom stereocenters. The molecule has 1 N–H and O–H groups in total. The maximum Gasteiger partial charge on any atom is 0.407 e. The third kappa shape index (κ3) is 5.01. The Hall–Kier alpha value is -2.50. The molecule has 2 rings (SSSR count). The average molecular weight is 333 g/mol. The van der Waals surface area contributed by atoms with Gasteiger partial charge < -0.3 is 19.2 Å². The minimum atomic E-state index is -0.566. The summed E-state index contributed by atoms with van der Waals surface area (Å²) in [7, 11) is 0. The minimum absolute atomic E-state index is 0.0680. The van der Waals surface area contributed by atoms with Crippen molar-refractivity contribution < 1.29 is 23.5 Å². The summed E-state index contributed by atoms with van der Waals surface area (Å²) < 4.78 is 16.0. The van der Waals surface area contributed by atoms with Gasteiger partial charge in [-0.3, -0.25) is 4.79 Å². The zero-order chi connectivity index (χ0) is 17.7. The first-order valence-corrected chi connectivity index (χ1v) is 7.86. The second-order valence-electron chi connectivity index (χ2n) is 6.49. The second kappa shape index (κ2) is 7.38. The van der Waals surface area contributed by atoms with E-state index in [4.69, 9.17) is 13.9 Å². The number of carbonyl (C=O) groups excluding carboxylic acids is 2. The lowest BCUT2D eigenvalue weighted by molar-refractivity contribution is -0.145. The maximum atomic E-state index is 11.8. The molecule has 0 spiro atoms. The molecule has 0 aliphatic carbocycles. The number of furan rings is 1. The van der Waals surface area contributed by atoms with Crippen molar-refractivity contribution in [2.75, 3.05) is 6.54 Å². The van der Waals surface area contributed by atoms with E-state index in [1.54, 1.807) is 20.8 Å².